The van der Waals surface area contributed by atoms with Crippen molar-refractivity contribution in [1.82, 2.24) is 24.7 Å². The van der Waals surface area contributed by atoms with Crippen LogP contribution >= 0.6 is 0 Å². The lowest BCUT2D eigenvalue weighted by atomic mass is 10.1. The van der Waals surface area contributed by atoms with Gasteiger partial charge in [0, 0.05) is 43.2 Å². The van der Waals surface area contributed by atoms with E-state index in [2.05, 4.69) is 30.7 Å². The average molecular weight is 475 g/mol. The number of carbonyl (C=O) groups is 1. The van der Waals surface area contributed by atoms with Crippen molar-refractivity contribution in [3.63, 3.8) is 0 Å². The Bertz CT molecular complexity index is 1330. The van der Waals surface area contributed by atoms with Crippen LogP contribution in [-0.4, -0.2) is 58.5 Å². The molecule has 1 amide bonds. The highest BCUT2D eigenvalue weighted by Gasteiger charge is 2.43. The van der Waals surface area contributed by atoms with Gasteiger partial charge in [-0.2, -0.15) is 5.10 Å². The van der Waals surface area contributed by atoms with Crippen LogP contribution in [0.2, 0.25) is 0 Å². The number of nitrogens with zero attached hydrogens (tertiary/aromatic N) is 6. The lowest BCUT2D eigenvalue weighted by Gasteiger charge is -2.21. The highest BCUT2D eigenvalue weighted by atomic mass is 32.2. The van der Waals surface area contributed by atoms with Crippen LogP contribution in [0.25, 0.3) is 11.1 Å². The Kier molecular flexibility index (Phi) is 5.74. The molecule has 3 aromatic rings. The summed E-state index contributed by atoms with van der Waals surface area (Å²) in [6.45, 7) is 1.90. The van der Waals surface area contributed by atoms with Crippen LogP contribution in [0.1, 0.15) is 12.1 Å². The summed E-state index contributed by atoms with van der Waals surface area (Å²) in [7, 11) is -0.363. The van der Waals surface area contributed by atoms with Crippen molar-refractivity contribution in [3.05, 3.63) is 36.5 Å². The number of aromatic nitrogens is 5. The number of carbonyl (C=O) groups excluding carboxylic acids is 1. The zero-order valence-corrected chi connectivity index (χ0v) is 19.3. The maximum Gasteiger partial charge on any atom is 0.232 e. The number of hydrogen-bond donors (Lipinski definition) is 2. The Morgan fingerprint density at radius 3 is 2.52 bits per heavy atom. The molecule has 0 bridgehead atoms. The molecule has 3 heterocycles. The van der Waals surface area contributed by atoms with E-state index in [-0.39, 0.29) is 23.9 Å². The summed E-state index contributed by atoms with van der Waals surface area (Å²) >= 11 is 0. The van der Waals surface area contributed by atoms with Gasteiger partial charge in [0.05, 0.1) is 24.1 Å². The lowest BCUT2D eigenvalue weighted by Crippen LogP contribution is -2.26. The van der Waals surface area contributed by atoms with Crippen molar-refractivity contribution in [1.29, 1.82) is 0 Å². The van der Waals surface area contributed by atoms with Crippen LogP contribution in [0.3, 0.4) is 0 Å². The van der Waals surface area contributed by atoms with Gasteiger partial charge in [-0.1, -0.05) is 0 Å². The molecule has 0 spiro atoms. The standard InChI is InChI=1S/C20H23FN8O3S/c1-11-14(9-25-28(11)2)12-5-16(29(3)33(4,31)32)19(22-8-12)26-17-7-18(24-10-23-17)27-20(30)13-6-15(13)21/h5,7-10,13,15H,6H2,1-4H3,(H2,22,23,24,26,27,30)/t13-,15+/m0/s1. The molecular weight excluding hydrogens is 451 g/mol. The van der Waals surface area contributed by atoms with Gasteiger partial charge in [-0.15, -0.1) is 0 Å². The molecule has 33 heavy (non-hydrogen) atoms. The van der Waals surface area contributed by atoms with Crippen molar-refractivity contribution in [2.24, 2.45) is 13.0 Å². The monoisotopic (exact) mass is 474 g/mol. The maximum atomic E-state index is 13.1. The summed E-state index contributed by atoms with van der Waals surface area (Å²) in [6.07, 6.45) is 4.69. The summed E-state index contributed by atoms with van der Waals surface area (Å²) in [5.74, 6) is -0.406. The van der Waals surface area contributed by atoms with Gasteiger partial charge in [0.15, 0.2) is 5.82 Å². The Labute approximate surface area is 190 Å². The molecule has 4 rings (SSSR count). The van der Waals surface area contributed by atoms with Crippen LogP contribution in [0.4, 0.5) is 27.5 Å². The molecule has 1 aliphatic carbocycles. The fourth-order valence-electron chi connectivity index (χ4n) is 3.17. The molecule has 0 unspecified atom stereocenters. The van der Waals surface area contributed by atoms with Crippen LogP contribution in [0.15, 0.2) is 30.9 Å². The quantitative estimate of drug-likeness (QED) is 0.531. The van der Waals surface area contributed by atoms with Crippen molar-refractivity contribution in [2.75, 3.05) is 28.2 Å². The van der Waals surface area contributed by atoms with Crippen LogP contribution in [0, 0.1) is 12.8 Å². The number of rotatable bonds is 7. The van der Waals surface area contributed by atoms with Gasteiger partial charge in [-0.25, -0.2) is 27.8 Å². The van der Waals surface area contributed by atoms with Gasteiger partial charge in [0.25, 0.3) is 0 Å². The van der Waals surface area contributed by atoms with Gasteiger partial charge < -0.3 is 10.6 Å². The van der Waals surface area contributed by atoms with Crippen LogP contribution in [-0.2, 0) is 21.9 Å². The SMILES string of the molecule is Cc1c(-c2cnc(Nc3cc(NC(=O)[C@H]4C[C@H]4F)ncn3)c(N(C)S(C)(=O)=O)c2)cnn1C. The number of sulfonamides is 1. The first-order valence-corrected chi connectivity index (χ1v) is 11.9. The first-order valence-electron chi connectivity index (χ1n) is 10.0. The van der Waals surface area contributed by atoms with Gasteiger partial charge in [-0.3, -0.25) is 13.8 Å². The molecule has 13 heteroatoms. The number of aryl methyl sites for hydroxylation is 1. The minimum Gasteiger partial charge on any atom is -0.323 e. The molecule has 0 aliphatic heterocycles. The fourth-order valence-corrected chi connectivity index (χ4v) is 3.66. The smallest absolute Gasteiger partial charge is 0.232 e. The van der Waals surface area contributed by atoms with Crippen LogP contribution < -0.4 is 14.9 Å². The third-order valence-electron chi connectivity index (χ3n) is 5.46. The molecule has 11 nitrogen and oxygen atoms in total. The van der Waals surface area contributed by atoms with E-state index < -0.39 is 28.0 Å². The Morgan fingerprint density at radius 2 is 1.91 bits per heavy atom. The van der Waals surface area contributed by atoms with Crippen molar-refractivity contribution < 1.29 is 17.6 Å². The van der Waals surface area contributed by atoms with E-state index in [1.54, 1.807) is 23.1 Å². The second-order valence-corrected chi connectivity index (χ2v) is 9.86. The molecule has 2 N–H and O–H groups in total. The number of alkyl halides is 1. The first kappa shape index (κ1) is 22.6. The molecule has 2 atom stereocenters. The molecule has 1 saturated carbocycles. The van der Waals surface area contributed by atoms with Crippen molar-refractivity contribution in [2.45, 2.75) is 19.5 Å². The lowest BCUT2D eigenvalue weighted by molar-refractivity contribution is -0.117. The average Bonchev–Trinajstić information content (AvgIpc) is 3.41. The normalized spacial score (nSPS) is 17.5. The van der Waals surface area contributed by atoms with E-state index in [1.165, 1.54) is 19.4 Å². The second kappa shape index (κ2) is 8.39. The van der Waals surface area contributed by atoms with Crippen LogP contribution in [0.5, 0.6) is 0 Å². The number of halogens is 1. The summed E-state index contributed by atoms with van der Waals surface area (Å²) in [5, 5.41) is 9.76. The Morgan fingerprint density at radius 1 is 1.21 bits per heavy atom. The topological polar surface area (TPSA) is 135 Å². The molecule has 0 aromatic carbocycles. The zero-order valence-electron chi connectivity index (χ0n) is 18.4. The highest BCUT2D eigenvalue weighted by Crippen LogP contribution is 2.35. The van der Waals surface area contributed by atoms with Crippen molar-refractivity contribution >= 4 is 39.1 Å². The van der Waals surface area contributed by atoms with E-state index in [0.717, 1.165) is 21.8 Å². The minimum atomic E-state index is -3.60. The maximum absolute atomic E-state index is 13.1. The third kappa shape index (κ3) is 4.77. The van der Waals surface area contributed by atoms with Gasteiger partial charge in [0.2, 0.25) is 15.9 Å². The summed E-state index contributed by atoms with van der Waals surface area (Å²) in [6, 6.07) is 3.15. The molecule has 0 radical (unpaired) electrons. The Hall–Kier alpha value is -3.61. The minimum absolute atomic E-state index is 0.192. The molecular formula is C20H23FN8O3S. The molecule has 174 valence electrons. The van der Waals surface area contributed by atoms with E-state index in [1.807, 2.05) is 14.0 Å². The van der Waals surface area contributed by atoms with Gasteiger partial charge >= 0.3 is 0 Å². The number of amides is 1. The first-order chi connectivity index (χ1) is 15.5. The molecule has 1 fully saturated rings. The number of nitrogens with one attached hydrogen (secondary N) is 2. The van der Waals surface area contributed by atoms with Gasteiger partial charge in [0.1, 0.15) is 24.1 Å². The molecule has 0 saturated heterocycles. The largest absolute Gasteiger partial charge is 0.323 e. The van der Waals surface area contributed by atoms with E-state index >= 15 is 0 Å². The Balaban J connectivity index is 1.66. The number of pyridine rings is 1. The predicted octanol–water partition coefficient (Wildman–Crippen LogP) is 2.02. The predicted molar refractivity (Wildman–Crippen MR) is 121 cm³/mol. The summed E-state index contributed by atoms with van der Waals surface area (Å²) in [5.41, 5.74) is 2.70. The van der Waals surface area contributed by atoms with E-state index in [0.29, 0.717) is 11.3 Å². The van der Waals surface area contributed by atoms with E-state index in [9.17, 15) is 17.6 Å². The second-order valence-electron chi connectivity index (χ2n) is 7.85. The van der Waals surface area contributed by atoms with Crippen molar-refractivity contribution in [3.8, 4) is 11.1 Å². The number of anilines is 4. The highest BCUT2D eigenvalue weighted by molar-refractivity contribution is 7.92. The van der Waals surface area contributed by atoms with Gasteiger partial charge in [-0.05, 0) is 19.4 Å². The molecule has 3 aromatic heterocycles. The molecule has 1 aliphatic rings. The van der Waals surface area contributed by atoms with E-state index in [4.69, 9.17) is 0 Å². The summed E-state index contributed by atoms with van der Waals surface area (Å²) in [4.78, 5) is 24.5. The fraction of sp³-hybridized carbons (Fsp3) is 0.350. The zero-order chi connectivity index (χ0) is 23.9. The number of hydrogen-bond acceptors (Lipinski definition) is 8. The third-order valence-corrected chi connectivity index (χ3v) is 6.66. The summed E-state index contributed by atoms with van der Waals surface area (Å²) < 4.78 is 40.5.